The summed E-state index contributed by atoms with van der Waals surface area (Å²) in [4.78, 5) is 12.3. The third kappa shape index (κ3) is 4.90. The van der Waals surface area contributed by atoms with E-state index in [4.69, 9.17) is 43.1 Å². The molecule has 3 aromatic rings. The minimum atomic E-state index is -0.575. The largest absolute Gasteiger partial charge is 0.482 e. The summed E-state index contributed by atoms with van der Waals surface area (Å²) in [7, 11) is 0. The number of fused-ring (bicyclic) bond motifs is 1. The molecule has 2 N–H and O–H groups in total. The van der Waals surface area contributed by atoms with E-state index in [1.165, 1.54) is 0 Å². The summed E-state index contributed by atoms with van der Waals surface area (Å²) in [5, 5.41) is 10.4. The highest BCUT2D eigenvalue weighted by molar-refractivity contribution is 6.42. The highest BCUT2D eigenvalue weighted by Crippen LogP contribution is 2.44. The summed E-state index contributed by atoms with van der Waals surface area (Å²) in [5.74, 6) is 0.0806. The zero-order chi connectivity index (χ0) is 23.5. The number of halogens is 2. The SMILES string of the molecule is Cc1cccc(OCC(=O)Oc2ccc3c(c2)OC(N)=C(C#N)C3c2ccc(Cl)c(Cl)c2)c1. The van der Waals surface area contributed by atoms with E-state index in [0.29, 0.717) is 27.1 Å². The summed E-state index contributed by atoms with van der Waals surface area (Å²) >= 11 is 12.2. The molecule has 1 heterocycles. The molecule has 1 unspecified atom stereocenters. The lowest BCUT2D eigenvalue weighted by molar-refractivity contribution is -0.136. The van der Waals surface area contributed by atoms with Gasteiger partial charge in [-0.25, -0.2) is 4.79 Å². The molecule has 1 aliphatic heterocycles. The average molecular weight is 481 g/mol. The molecule has 0 aromatic heterocycles. The number of nitriles is 1. The molecule has 0 fully saturated rings. The third-order valence-electron chi connectivity index (χ3n) is 5.05. The smallest absolute Gasteiger partial charge is 0.349 e. The van der Waals surface area contributed by atoms with Crippen LogP contribution in [0, 0.1) is 18.3 Å². The van der Waals surface area contributed by atoms with Gasteiger partial charge in [-0.15, -0.1) is 0 Å². The van der Waals surface area contributed by atoms with Crippen molar-refractivity contribution in [1.82, 2.24) is 0 Å². The Morgan fingerprint density at radius 1 is 1.09 bits per heavy atom. The van der Waals surface area contributed by atoms with Gasteiger partial charge >= 0.3 is 5.97 Å². The molecule has 0 amide bonds. The molecule has 1 aliphatic rings. The van der Waals surface area contributed by atoms with Crippen LogP contribution in [0.2, 0.25) is 10.0 Å². The molecule has 0 saturated carbocycles. The Hall–Kier alpha value is -3.66. The molecule has 3 aromatic carbocycles. The number of hydrogen-bond donors (Lipinski definition) is 1. The van der Waals surface area contributed by atoms with Crippen molar-refractivity contribution in [2.45, 2.75) is 12.8 Å². The number of nitrogens with two attached hydrogens (primary N) is 1. The van der Waals surface area contributed by atoms with Gasteiger partial charge in [-0.05, 0) is 48.4 Å². The van der Waals surface area contributed by atoms with Gasteiger partial charge in [-0.3, -0.25) is 0 Å². The van der Waals surface area contributed by atoms with Gasteiger partial charge in [0.05, 0.1) is 16.0 Å². The van der Waals surface area contributed by atoms with E-state index in [1.54, 1.807) is 42.5 Å². The second-order valence-electron chi connectivity index (χ2n) is 7.38. The van der Waals surface area contributed by atoms with Gasteiger partial charge in [0.1, 0.15) is 28.9 Å². The lowest BCUT2D eigenvalue weighted by Gasteiger charge is -2.27. The molecule has 0 spiro atoms. The van der Waals surface area contributed by atoms with Crippen molar-refractivity contribution in [1.29, 1.82) is 5.26 Å². The number of esters is 1. The molecule has 6 nitrogen and oxygen atoms in total. The molecule has 0 radical (unpaired) electrons. The predicted octanol–water partition coefficient (Wildman–Crippen LogP) is 5.50. The topological polar surface area (TPSA) is 94.6 Å². The van der Waals surface area contributed by atoms with Gasteiger partial charge in [0.15, 0.2) is 6.61 Å². The maximum absolute atomic E-state index is 12.3. The Bertz CT molecular complexity index is 1310. The molecule has 0 bridgehead atoms. The van der Waals surface area contributed by atoms with Gasteiger partial charge in [-0.1, -0.05) is 47.5 Å². The Kier molecular flexibility index (Phi) is 6.45. The quantitative estimate of drug-likeness (QED) is 0.382. The van der Waals surface area contributed by atoms with Crippen molar-refractivity contribution in [2.24, 2.45) is 5.73 Å². The minimum Gasteiger partial charge on any atom is -0.482 e. The average Bonchev–Trinajstić information content (AvgIpc) is 2.78. The first-order valence-corrected chi connectivity index (χ1v) is 10.7. The number of allylic oxidation sites excluding steroid dienone is 1. The van der Waals surface area contributed by atoms with Crippen molar-refractivity contribution in [3.63, 3.8) is 0 Å². The lowest BCUT2D eigenvalue weighted by Crippen LogP contribution is -2.21. The fourth-order valence-electron chi connectivity index (χ4n) is 3.54. The standard InChI is InChI=1S/C25H18Cl2N2O4/c1-14-3-2-4-16(9-14)31-13-23(30)32-17-6-7-18-22(11-17)33-25(29)19(12-28)24(18)15-5-8-20(26)21(27)10-15/h2-11,24H,13,29H2,1H3. The number of aryl methyl sites for hydroxylation is 1. The van der Waals surface area contributed by atoms with Crippen LogP contribution in [-0.2, 0) is 4.79 Å². The zero-order valence-corrected chi connectivity index (χ0v) is 19.0. The molecule has 166 valence electrons. The number of nitrogens with zero attached hydrogens (tertiary/aromatic N) is 1. The number of benzene rings is 3. The maximum Gasteiger partial charge on any atom is 0.349 e. The Morgan fingerprint density at radius 2 is 1.91 bits per heavy atom. The first-order valence-electron chi connectivity index (χ1n) is 9.92. The Labute approximate surface area is 200 Å². The van der Waals surface area contributed by atoms with E-state index >= 15 is 0 Å². The lowest BCUT2D eigenvalue weighted by atomic mass is 9.83. The normalized spacial score (nSPS) is 14.7. The van der Waals surface area contributed by atoms with Crippen LogP contribution in [0.4, 0.5) is 0 Å². The summed E-state index contributed by atoms with van der Waals surface area (Å²) in [6.45, 7) is 1.68. The van der Waals surface area contributed by atoms with Gasteiger partial charge in [0.2, 0.25) is 5.88 Å². The van der Waals surface area contributed by atoms with Crippen molar-refractivity contribution in [3.8, 4) is 23.3 Å². The monoisotopic (exact) mass is 480 g/mol. The fraction of sp³-hybridized carbons (Fsp3) is 0.120. The van der Waals surface area contributed by atoms with Crippen LogP contribution in [0.15, 0.2) is 72.1 Å². The molecular weight excluding hydrogens is 463 g/mol. The third-order valence-corrected chi connectivity index (χ3v) is 5.78. The zero-order valence-electron chi connectivity index (χ0n) is 17.5. The predicted molar refractivity (Wildman–Crippen MR) is 125 cm³/mol. The first kappa shape index (κ1) is 22.5. The van der Waals surface area contributed by atoms with Crippen LogP contribution in [0.25, 0.3) is 0 Å². The van der Waals surface area contributed by atoms with Crippen molar-refractivity contribution < 1.29 is 19.0 Å². The summed E-state index contributed by atoms with van der Waals surface area (Å²) in [5.41, 5.74) is 8.69. The fourth-order valence-corrected chi connectivity index (χ4v) is 3.85. The number of rotatable bonds is 5. The highest BCUT2D eigenvalue weighted by Gasteiger charge is 2.31. The molecule has 8 heteroatoms. The summed E-state index contributed by atoms with van der Waals surface area (Å²) < 4.78 is 16.5. The summed E-state index contributed by atoms with van der Waals surface area (Å²) in [6, 6.07) is 19.5. The number of ether oxygens (including phenoxy) is 3. The maximum atomic E-state index is 12.3. The van der Waals surface area contributed by atoms with Crippen LogP contribution in [0.5, 0.6) is 17.2 Å². The first-order chi connectivity index (χ1) is 15.9. The number of carbonyl (C=O) groups excluding carboxylic acids is 1. The highest BCUT2D eigenvalue weighted by atomic mass is 35.5. The van der Waals surface area contributed by atoms with Crippen LogP contribution >= 0.6 is 23.2 Å². The van der Waals surface area contributed by atoms with Crippen molar-refractivity contribution >= 4 is 29.2 Å². The summed E-state index contributed by atoms with van der Waals surface area (Å²) in [6.07, 6.45) is 0. The number of carbonyl (C=O) groups is 1. The van der Waals surface area contributed by atoms with E-state index in [9.17, 15) is 10.1 Å². The molecule has 4 rings (SSSR count). The van der Waals surface area contributed by atoms with E-state index in [2.05, 4.69) is 6.07 Å². The van der Waals surface area contributed by atoms with E-state index in [1.807, 2.05) is 25.1 Å². The van der Waals surface area contributed by atoms with E-state index in [0.717, 1.165) is 11.1 Å². The molecule has 0 aliphatic carbocycles. The van der Waals surface area contributed by atoms with Gasteiger partial charge in [0.25, 0.3) is 0 Å². The second kappa shape index (κ2) is 9.45. The van der Waals surface area contributed by atoms with E-state index < -0.39 is 11.9 Å². The molecule has 1 atom stereocenters. The second-order valence-corrected chi connectivity index (χ2v) is 8.19. The Morgan fingerprint density at radius 3 is 2.64 bits per heavy atom. The molecule has 33 heavy (non-hydrogen) atoms. The number of hydrogen-bond acceptors (Lipinski definition) is 6. The van der Waals surface area contributed by atoms with E-state index in [-0.39, 0.29) is 23.8 Å². The van der Waals surface area contributed by atoms with Crippen molar-refractivity contribution in [3.05, 3.63) is 98.9 Å². The van der Waals surface area contributed by atoms with Crippen LogP contribution < -0.4 is 19.9 Å². The van der Waals surface area contributed by atoms with Crippen LogP contribution in [0.1, 0.15) is 22.6 Å². The molecular formula is C25H18Cl2N2O4. The Balaban J connectivity index is 1.56. The minimum absolute atomic E-state index is 0.0349. The van der Waals surface area contributed by atoms with Gasteiger partial charge in [-0.2, -0.15) is 5.26 Å². The van der Waals surface area contributed by atoms with Gasteiger partial charge < -0.3 is 19.9 Å². The molecule has 0 saturated heterocycles. The van der Waals surface area contributed by atoms with Crippen LogP contribution in [-0.4, -0.2) is 12.6 Å². The van der Waals surface area contributed by atoms with Crippen molar-refractivity contribution in [2.75, 3.05) is 6.61 Å². The van der Waals surface area contributed by atoms with Gasteiger partial charge in [0, 0.05) is 11.6 Å². The van der Waals surface area contributed by atoms with Crippen LogP contribution in [0.3, 0.4) is 0 Å².